The van der Waals surface area contributed by atoms with Crippen LogP contribution < -0.4 is 11.3 Å². The van der Waals surface area contributed by atoms with Crippen LogP contribution in [0.25, 0.3) is 0 Å². The van der Waals surface area contributed by atoms with Crippen LogP contribution in [0.3, 0.4) is 0 Å². The minimum atomic E-state index is 0.0977. The highest BCUT2D eigenvalue weighted by Crippen LogP contribution is 2.21. The second-order valence-corrected chi connectivity index (χ2v) is 4.60. The Labute approximate surface area is 108 Å². The number of hydrazine groups is 1. The molecule has 1 heterocycles. The summed E-state index contributed by atoms with van der Waals surface area (Å²) in [6, 6.07) is 12.5. The lowest BCUT2D eigenvalue weighted by molar-refractivity contribution is 0.543. The van der Waals surface area contributed by atoms with E-state index in [1.54, 1.807) is 0 Å². The first-order chi connectivity index (χ1) is 8.70. The summed E-state index contributed by atoms with van der Waals surface area (Å²) in [5, 5.41) is 0. The minimum absolute atomic E-state index is 0.0977. The topological polar surface area (TPSA) is 50.9 Å². The van der Waals surface area contributed by atoms with Crippen LogP contribution in [0, 0.1) is 13.8 Å². The highest BCUT2D eigenvalue weighted by molar-refractivity contribution is 5.33. The lowest BCUT2D eigenvalue weighted by atomic mass is 9.96. The third kappa shape index (κ3) is 2.94. The van der Waals surface area contributed by atoms with Gasteiger partial charge < -0.3 is 0 Å². The summed E-state index contributed by atoms with van der Waals surface area (Å²) in [6.07, 6.45) is 2.60. The van der Waals surface area contributed by atoms with Gasteiger partial charge in [-0.15, -0.1) is 0 Å². The molecule has 94 valence electrons. The van der Waals surface area contributed by atoms with Gasteiger partial charge in [0.15, 0.2) is 0 Å². The molecule has 2 aromatic rings. The molecule has 18 heavy (non-hydrogen) atoms. The molecule has 0 amide bonds. The van der Waals surface area contributed by atoms with Crippen molar-refractivity contribution in [2.45, 2.75) is 26.3 Å². The summed E-state index contributed by atoms with van der Waals surface area (Å²) < 4.78 is 0. The predicted octanol–water partition coefficient (Wildman–Crippen LogP) is 2.45. The van der Waals surface area contributed by atoms with Crippen molar-refractivity contribution >= 4 is 0 Å². The van der Waals surface area contributed by atoms with E-state index in [1.807, 2.05) is 24.4 Å². The van der Waals surface area contributed by atoms with Crippen LogP contribution in [0.5, 0.6) is 0 Å². The summed E-state index contributed by atoms with van der Waals surface area (Å²) >= 11 is 0. The molecule has 3 N–H and O–H groups in total. The fourth-order valence-corrected chi connectivity index (χ4v) is 2.20. The maximum atomic E-state index is 5.68. The van der Waals surface area contributed by atoms with E-state index in [9.17, 15) is 0 Å². The van der Waals surface area contributed by atoms with Crippen LogP contribution >= 0.6 is 0 Å². The summed E-state index contributed by atoms with van der Waals surface area (Å²) in [6.45, 7) is 4.21. The van der Waals surface area contributed by atoms with Gasteiger partial charge in [-0.3, -0.25) is 16.3 Å². The molecule has 0 bridgehead atoms. The highest BCUT2D eigenvalue weighted by atomic mass is 15.2. The number of aryl methyl sites for hydroxylation is 2. The molecule has 0 fully saturated rings. The Kier molecular flexibility index (Phi) is 4.07. The lowest BCUT2D eigenvalue weighted by Crippen LogP contribution is -2.30. The Balaban J connectivity index is 2.23. The number of rotatable bonds is 4. The van der Waals surface area contributed by atoms with Crippen LogP contribution in [-0.2, 0) is 6.42 Å². The van der Waals surface area contributed by atoms with Gasteiger partial charge >= 0.3 is 0 Å². The van der Waals surface area contributed by atoms with Gasteiger partial charge in [0.05, 0.1) is 6.04 Å². The molecular weight excluding hydrogens is 222 g/mol. The summed E-state index contributed by atoms with van der Waals surface area (Å²) in [4.78, 5) is 4.34. The Morgan fingerprint density at radius 1 is 1.22 bits per heavy atom. The zero-order chi connectivity index (χ0) is 13.0. The molecule has 1 aromatic carbocycles. The number of benzene rings is 1. The molecule has 0 saturated heterocycles. The normalized spacial score (nSPS) is 12.4. The first-order valence-corrected chi connectivity index (χ1v) is 6.14. The molecule has 1 unspecified atom stereocenters. The molecule has 0 spiro atoms. The molecule has 1 atom stereocenters. The van der Waals surface area contributed by atoms with E-state index in [-0.39, 0.29) is 6.04 Å². The first-order valence-electron chi connectivity index (χ1n) is 6.14. The van der Waals surface area contributed by atoms with Crippen molar-refractivity contribution in [3.63, 3.8) is 0 Å². The molecule has 3 heteroatoms. The van der Waals surface area contributed by atoms with E-state index >= 15 is 0 Å². The molecule has 0 aliphatic carbocycles. The van der Waals surface area contributed by atoms with Crippen molar-refractivity contribution in [1.82, 2.24) is 10.4 Å². The summed E-state index contributed by atoms with van der Waals surface area (Å²) in [5.74, 6) is 5.68. The van der Waals surface area contributed by atoms with Crippen LogP contribution in [0.15, 0.2) is 42.6 Å². The third-order valence-corrected chi connectivity index (χ3v) is 3.14. The zero-order valence-corrected chi connectivity index (χ0v) is 10.9. The molecule has 2 rings (SSSR count). The van der Waals surface area contributed by atoms with Crippen LogP contribution in [0.4, 0.5) is 0 Å². The smallest absolute Gasteiger partial charge is 0.0517 e. The third-order valence-electron chi connectivity index (χ3n) is 3.14. The summed E-state index contributed by atoms with van der Waals surface area (Å²) in [7, 11) is 0. The van der Waals surface area contributed by atoms with E-state index in [2.05, 4.69) is 42.5 Å². The minimum Gasteiger partial charge on any atom is -0.271 e. The second kappa shape index (κ2) is 5.76. The highest BCUT2D eigenvalue weighted by Gasteiger charge is 2.13. The van der Waals surface area contributed by atoms with Gasteiger partial charge in [-0.25, -0.2) is 0 Å². The number of nitrogens with zero attached hydrogens (tertiary/aromatic N) is 1. The van der Waals surface area contributed by atoms with E-state index in [0.717, 1.165) is 12.1 Å². The van der Waals surface area contributed by atoms with Gasteiger partial charge in [0, 0.05) is 18.3 Å². The molecule has 0 aliphatic rings. The standard InChI is InChI=1S/C15H19N3/c1-11-6-7-14(12(2)9-11)15(18-16)10-13-5-3-4-8-17-13/h3-9,15,18H,10,16H2,1-2H3. The number of nitrogens with two attached hydrogens (primary N) is 1. The monoisotopic (exact) mass is 241 g/mol. The Hall–Kier alpha value is -1.71. The maximum Gasteiger partial charge on any atom is 0.0517 e. The van der Waals surface area contributed by atoms with Crippen LogP contribution in [0.2, 0.25) is 0 Å². The van der Waals surface area contributed by atoms with E-state index in [0.29, 0.717) is 0 Å². The average molecular weight is 241 g/mol. The van der Waals surface area contributed by atoms with Gasteiger partial charge in [0.2, 0.25) is 0 Å². The van der Waals surface area contributed by atoms with Crippen molar-refractivity contribution in [3.05, 3.63) is 65.0 Å². The zero-order valence-electron chi connectivity index (χ0n) is 10.9. The SMILES string of the molecule is Cc1ccc(C(Cc2ccccn2)NN)c(C)c1. The van der Waals surface area contributed by atoms with Gasteiger partial charge in [-0.1, -0.05) is 29.8 Å². The van der Waals surface area contributed by atoms with Crippen molar-refractivity contribution in [2.75, 3.05) is 0 Å². The second-order valence-electron chi connectivity index (χ2n) is 4.60. The lowest BCUT2D eigenvalue weighted by Gasteiger charge is -2.18. The largest absolute Gasteiger partial charge is 0.271 e. The molecule has 1 aromatic heterocycles. The fraction of sp³-hybridized carbons (Fsp3) is 0.267. The Morgan fingerprint density at radius 2 is 2.06 bits per heavy atom. The molecule has 0 saturated carbocycles. The quantitative estimate of drug-likeness (QED) is 0.638. The van der Waals surface area contributed by atoms with E-state index in [1.165, 1.54) is 16.7 Å². The van der Waals surface area contributed by atoms with Crippen molar-refractivity contribution in [1.29, 1.82) is 0 Å². The van der Waals surface area contributed by atoms with Crippen molar-refractivity contribution < 1.29 is 0 Å². The van der Waals surface area contributed by atoms with Crippen LogP contribution in [0.1, 0.15) is 28.4 Å². The maximum absolute atomic E-state index is 5.68. The molecular formula is C15H19N3. The van der Waals surface area contributed by atoms with Gasteiger partial charge in [0.25, 0.3) is 0 Å². The van der Waals surface area contributed by atoms with Crippen LogP contribution in [-0.4, -0.2) is 4.98 Å². The predicted molar refractivity (Wildman–Crippen MR) is 73.9 cm³/mol. The van der Waals surface area contributed by atoms with Gasteiger partial charge in [-0.2, -0.15) is 0 Å². The van der Waals surface area contributed by atoms with E-state index < -0.39 is 0 Å². The Bertz CT molecular complexity index is 508. The number of aromatic nitrogens is 1. The van der Waals surface area contributed by atoms with Gasteiger partial charge in [0.1, 0.15) is 0 Å². The number of pyridine rings is 1. The number of hydrogen-bond donors (Lipinski definition) is 2. The number of hydrogen-bond acceptors (Lipinski definition) is 3. The summed E-state index contributed by atoms with van der Waals surface area (Å²) in [5.41, 5.74) is 7.69. The van der Waals surface area contributed by atoms with Crippen molar-refractivity contribution in [2.24, 2.45) is 5.84 Å². The van der Waals surface area contributed by atoms with Gasteiger partial charge in [-0.05, 0) is 37.1 Å². The molecule has 0 radical (unpaired) electrons. The average Bonchev–Trinajstić information content (AvgIpc) is 2.38. The van der Waals surface area contributed by atoms with E-state index in [4.69, 9.17) is 5.84 Å². The first kappa shape index (κ1) is 12.7. The number of nitrogens with one attached hydrogen (secondary N) is 1. The molecule has 0 aliphatic heterocycles. The Morgan fingerprint density at radius 3 is 2.67 bits per heavy atom. The fourth-order valence-electron chi connectivity index (χ4n) is 2.20. The molecule has 3 nitrogen and oxygen atoms in total. The van der Waals surface area contributed by atoms with Crippen molar-refractivity contribution in [3.8, 4) is 0 Å².